The number of anilines is 2. The first-order chi connectivity index (χ1) is 9.56. The van der Waals surface area contributed by atoms with Crippen molar-refractivity contribution in [3.05, 3.63) is 36.4 Å². The molecule has 4 N–H and O–H groups in total. The van der Waals surface area contributed by atoms with E-state index in [-0.39, 0.29) is 6.61 Å². The quantitative estimate of drug-likeness (QED) is 0.777. The van der Waals surface area contributed by atoms with E-state index in [9.17, 15) is 5.11 Å². The van der Waals surface area contributed by atoms with Crippen LogP contribution in [0.5, 0.6) is 0 Å². The normalized spacial score (nSPS) is 13.8. The molecule has 20 heavy (non-hydrogen) atoms. The highest BCUT2D eigenvalue weighted by molar-refractivity contribution is 5.60. The van der Waals surface area contributed by atoms with Crippen molar-refractivity contribution in [2.45, 2.75) is 25.8 Å². The Hall–Kier alpha value is -2.14. The SMILES string of the molecule is CCC(C)(CO)Nc1cc(N)nc(-c2ccccc2)n1. The van der Waals surface area contributed by atoms with E-state index >= 15 is 0 Å². The third-order valence-corrected chi connectivity index (χ3v) is 3.34. The van der Waals surface area contributed by atoms with Crippen LogP contribution in [0, 0.1) is 0 Å². The van der Waals surface area contributed by atoms with Gasteiger partial charge in [-0.05, 0) is 13.3 Å². The van der Waals surface area contributed by atoms with Crippen LogP contribution < -0.4 is 11.1 Å². The lowest BCUT2D eigenvalue weighted by Crippen LogP contribution is -2.38. The second kappa shape index (κ2) is 5.88. The van der Waals surface area contributed by atoms with Gasteiger partial charge in [0.05, 0.1) is 12.1 Å². The number of nitrogens with one attached hydrogen (secondary N) is 1. The minimum Gasteiger partial charge on any atom is -0.394 e. The maximum atomic E-state index is 9.47. The molecule has 0 amide bonds. The zero-order chi connectivity index (χ0) is 14.6. The molecule has 0 aliphatic heterocycles. The first kappa shape index (κ1) is 14.3. The molecule has 2 rings (SSSR count). The van der Waals surface area contributed by atoms with Gasteiger partial charge in [-0.2, -0.15) is 0 Å². The smallest absolute Gasteiger partial charge is 0.163 e. The van der Waals surface area contributed by atoms with Crippen LogP contribution in [0.2, 0.25) is 0 Å². The number of hydrogen-bond acceptors (Lipinski definition) is 5. The number of nitrogen functional groups attached to an aromatic ring is 1. The van der Waals surface area contributed by atoms with Crippen molar-refractivity contribution < 1.29 is 5.11 Å². The van der Waals surface area contributed by atoms with E-state index in [1.54, 1.807) is 6.07 Å². The largest absolute Gasteiger partial charge is 0.394 e. The summed E-state index contributed by atoms with van der Waals surface area (Å²) in [5, 5.41) is 12.7. The van der Waals surface area contributed by atoms with Gasteiger partial charge in [0.15, 0.2) is 5.82 Å². The van der Waals surface area contributed by atoms with Crippen LogP contribution in [0.15, 0.2) is 36.4 Å². The lowest BCUT2D eigenvalue weighted by Gasteiger charge is -2.28. The molecule has 0 saturated carbocycles. The van der Waals surface area contributed by atoms with Crippen LogP contribution in [0.3, 0.4) is 0 Å². The molecule has 0 saturated heterocycles. The molecule has 1 unspecified atom stereocenters. The molecule has 106 valence electrons. The molecule has 5 heteroatoms. The minimum absolute atomic E-state index is 0.0219. The van der Waals surface area contributed by atoms with Gasteiger partial charge in [0, 0.05) is 11.6 Å². The summed E-state index contributed by atoms with van der Waals surface area (Å²) in [5.41, 5.74) is 6.33. The van der Waals surface area contributed by atoms with E-state index < -0.39 is 5.54 Å². The highest BCUT2D eigenvalue weighted by atomic mass is 16.3. The summed E-state index contributed by atoms with van der Waals surface area (Å²) in [6, 6.07) is 11.3. The third kappa shape index (κ3) is 3.24. The molecule has 0 fully saturated rings. The molecule has 1 aromatic carbocycles. The summed E-state index contributed by atoms with van der Waals surface area (Å²) in [6.45, 7) is 3.97. The predicted molar refractivity (Wildman–Crippen MR) is 81.3 cm³/mol. The lowest BCUT2D eigenvalue weighted by atomic mass is 10.0. The van der Waals surface area contributed by atoms with Gasteiger partial charge >= 0.3 is 0 Å². The first-order valence-electron chi connectivity index (χ1n) is 6.65. The molecular weight excluding hydrogens is 252 g/mol. The Labute approximate surface area is 118 Å². The molecule has 0 aliphatic rings. The van der Waals surface area contributed by atoms with Crippen LogP contribution in [-0.4, -0.2) is 27.2 Å². The van der Waals surface area contributed by atoms with Gasteiger partial charge in [0.2, 0.25) is 0 Å². The number of aliphatic hydroxyl groups is 1. The minimum atomic E-state index is -0.422. The van der Waals surface area contributed by atoms with Crippen LogP contribution >= 0.6 is 0 Å². The molecule has 5 nitrogen and oxygen atoms in total. The molecule has 1 atom stereocenters. The summed E-state index contributed by atoms with van der Waals surface area (Å²) in [5.74, 6) is 1.59. The molecular formula is C15H20N4O. The van der Waals surface area contributed by atoms with E-state index in [4.69, 9.17) is 5.73 Å². The summed E-state index contributed by atoms with van der Waals surface area (Å²) in [4.78, 5) is 8.72. The van der Waals surface area contributed by atoms with Crippen molar-refractivity contribution in [1.82, 2.24) is 9.97 Å². The van der Waals surface area contributed by atoms with Gasteiger partial charge in [-0.15, -0.1) is 0 Å². The van der Waals surface area contributed by atoms with Crippen LogP contribution in [0.4, 0.5) is 11.6 Å². The number of aliphatic hydroxyl groups excluding tert-OH is 1. The molecule has 1 heterocycles. The Bertz CT molecular complexity index is 567. The number of rotatable bonds is 5. The van der Waals surface area contributed by atoms with Gasteiger partial charge < -0.3 is 16.2 Å². The van der Waals surface area contributed by atoms with Crippen molar-refractivity contribution in [2.24, 2.45) is 0 Å². The number of nitrogens with two attached hydrogens (primary N) is 1. The number of aromatic nitrogens is 2. The maximum absolute atomic E-state index is 9.47. The Morgan fingerprint density at radius 3 is 2.55 bits per heavy atom. The van der Waals surface area contributed by atoms with Gasteiger partial charge in [-0.1, -0.05) is 37.3 Å². The average molecular weight is 272 g/mol. The number of benzene rings is 1. The van der Waals surface area contributed by atoms with E-state index in [1.165, 1.54) is 0 Å². The Morgan fingerprint density at radius 1 is 1.25 bits per heavy atom. The van der Waals surface area contributed by atoms with Crippen molar-refractivity contribution in [3.63, 3.8) is 0 Å². The zero-order valence-corrected chi connectivity index (χ0v) is 11.8. The van der Waals surface area contributed by atoms with Crippen LogP contribution in [0.1, 0.15) is 20.3 Å². The van der Waals surface area contributed by atoms with Crippen molar-refractivity contribution >= 4 is 11.6 Å². The summed E-state index contributed by atoms with van der Waals surface area (Å²) in [6.07, 6.45) is 0.772. The highest BCUT2D eigenvalue weighted by Crippen LogP contribution is 2.22. The lowest BCUT2D eigenvalue weighted by molar-refractivity contribution is 0.218. The Morgan fingerprint density at radius 2 is 1.95 bits per heavy atom. The van der Waals surface area contributed by atoms with E-state index in [2.05, 4.69) is 15.3 Å². The van der Waals surface area contributed by atoms with Gasteiger partial charge in [0.1, 0.15) is 11.6 Å². The van der Waals surface area contributed by atoms with Gasteiger partial charge in [-0.3, -0.25) is 0 Å². The molecule has 1 aromatic heterocycles. The highest BCUT2D eigenvalue weighted by Gasteiger charge is 2.21. The fraction of sp³-hybridized carbons (Fsp3) is 0.333. The summed E-state index contributed by atoms with van der Waals surface area (Å²) in [7, 11) is 0. The second-order valence-electron chi connectivity index (χ2n) is 5.07. The number of nitrogens with zero attached hydrogens (tertiary/aromatic N) is 2. The first-order valence-corrected chi connectivity index (χ1v) is 6.65. The average Bonchev–Trinajstić information content (AvgIpc) is 2.47. The zero-order valence-electron chi connectivity index (χ0n) is 11.8. The maximum Gasteiger partial charge on any atom is 0.163 e. The van der Waals surface area contributed by atoms with Gasteiger partial charge in [-0.25, -0.2) is 9.97 Å². The Kier molecular flexibility index (Phi) is 4.20. The molecule has 0 radical (unpaired) electrons. The predicted octanol–water partition coefficient (Wildman–Crippen LogP) is 2.30. The van der Waals surface area contributed by atoms with Crippen LogP contribution in [-0.2, 0) is 0 Å². The standard InChI is InChI=1S/C15H20N4O/c1-3-15(2,10-20)19-13-9-12(16)17-14(18-13)11-7-5-4-6-8-11/h4-9,20H,3,10H2,1-2H3,(H3,16,17,18,19). The second-order valence-corrected chi connectivity index (χ2v) is 5.07. The van der Waals surface area contributed by atoms with Crippen molar-refractivity contribution in [1.29, 1.82) is 0 Å². The summed E-state index contributed by atoms with van der Waals surface area (Å²) < 4.78 is 0. The fourth-order valence-corrected chi connectivity index (χ4v) is 1.80. The third-order valence-electron chi connectivity index (χ3n) is 3.34. The van der Waals surface area contributed by atoms with Crippen molar-refractivity contribution in [2.75, 3.05) is 17.7 Å². The topological polar surface area (TPSA) is 84.1 Å². The molecule has 0 aliphatic carbocycles. The van der Waals surface area contributed by atoms with Crippen molar-refractivity contribution in [3.8, 4) is 11.4 Å². The molecule has 2 aromatic rings. The number of hydrogen-bond donors (Lipinski definition) is 3. The monoisotopic (exact) mass is 272 g/mol. The van der Waals surface area contributed by atoms with E-state index in [0.717, 1.165) is 12.0 Å². The van der Waals surface area contributed by atoms with E-state index in [1.807, 2.05) is 44.2 Å². The van der Waals surface area contributed by atoms with Gasteiger partial charge in [0.25, 0.3) is 0 Å². The van der Waals surface area contributed by atoms with Crippen LogP contribution in [0.25, 0.3) is 11.4 Å². The Balaban J connectivity index is 2.35. The van der Waals surface area contributed by atoms with E-state index in [0.29, 0.717) is 17.5 Å². The molecule has 0 spiro atoms. The fourth-order valence-electron chi connectivity index (χ4n) is 1.80. The molecule has 0 bridgehead atoms. The summed E-state index contributed by atoms with van der Waals surface area (Å²) >= 11 is 0.